The van der Waals surface area contributed by atoms with Crippen molar-refractivity contribution in [2.75, 3.05) is 0 Å². The maximum Gasteiger partial charge on any atom is 0.0449 e. The molecule has 0 bridgehead atoms. The van der Waals surface area contributed by atoms with Crippen molar-refractivity contribution in [3.8, 4) is 0 Å². The number of thioether (sulfide) groups is 1. The Morgan fingerprint density at radius 3 is 2.40 bits per heavy atom. The van der Waals surface area contributed by atoms with E-state index in [-0.39, 0.29) is 6.04 Å². The molecule has 0 saturated heterocycles. The number of pyridine rings is 1. The summed E-state index contributed by atoms with van der Waals surface area (Å²) in [4.78, 5) is 4.04. The zero-order valence-corrected chi connectivity index (χ0v) is 10.5. The largest absolute Gasteiger partial charge is 0.327 e. The van der Waals surface area contributed by atoms with Gasteiger partial charge in [-0.25, -0.2) is 0 Å². The van der Waals surface area contributed by atoms with Gasteiger partial charge in [-0.1, -0.05) is 13.8 Å². The minimum atomic E-state index is 0.173. The zero-order valence-electron chi connectivity index (χ0n) is 9.68. The Labute approximate surface area is 96.7 Å². The monoisotopic (exact) mass is 224 g/mol. The van der Waals surface area contributed by atoms with Crippen LogP contribution in [0.5, 0.6) is 0 Å². The van der Waals surface area contributed by atoms with Gasteiger partial charge in [-0.15, -0.1) is 11.8 Å². The second kappa shape index (κ2) is 6.13. The minimum Gasteiger partial charge on any atom is -0.327 e. The van der Waals surface area contributed by atoms with E-state index < -0.39 is 0 Å². The van der Waals surface area contributed by atoms with Crippen molar-refractivity contribution in [3.63, 3.8) is 0 Å². The van der Waals surface area contributed by atoms with Crippen LogP contribution in [0.3, 0.4) is 0 Å². The van der Waals surface area contributed by atoms with E-state index in [2.05, 4.69) is 37.9 Å². The molecule has 1 heterocycles. The quantitative estimate of drug-likeness (QED) is 0.835. The lowest BCUT2D eigenvalue weighted by molar-refractivity contribution is 0.714. The number of nitrogens with zero attached hydrogens (tertiary/aromatic N) is 1. The summed E-state index contributed by atoms with van der Waals surface area (Å²) in [5, 5.41) is 1.03. The van der Waals surface area contributed by atoms with Crippen LogP contribution in [0.4, 0.5) is 0 Å². The van der Waals surface area contributed by atoms with Gasteiger partial charge in [0, 0.05) is 28.9 Å². The summed E-state index contributed by atoms with van der Waals surface area (Å²) >= 11 is 1.95. The molecule has 0 amide bonds. The molecule has 1 aromatic rings. The summed E-state index contributed by atoms with van der Waals surface area (Å²) in [5.74, 6) is 0. The van der Waals surface area contributed by atoms with Gasteiger partial charge in [0.05, 0.1) is 0 Å². The highest BCUT2D eigenvalue weighted by Gasteiger charge is 2.18. The standard InChI is InChI=1S/C12H20N2S/c1-4-9(2)15-12(10(3)13)11-5-7-14-8-6-11/h5-10,12H,4,13H2,1-3H3. The van der Waals surface area contributed by atoms with Crippen LogP contribution in [0.1, 0.15) is 38.0 Å². The highest BCUT2D eigenvalue weighted by molar-refractivity contribution is 8.00. The first-order chi connectivity index (χ1) is 7.15. The summed E-state index contributed by atoms with van der Waals surface area (Å²) < 4.78 is 0. The maximum absolute atomic E-state index is 6.03. The fraction of sp³-hybridized carbons (Fsp3) is 0.583. The molecule has 0 aliphatic carbocycles. The van der Waals surface area contributed by atoms with E-state index in [4.69, 9.17) is 5.73 Å². The van der Waals surface area contributed by atoms with Crippen LogP contribution in [0, 0.1) is 0 Å². The van der Waals surface area contributed by atoms with E-state index >= 15 is 0 Å². The molecule has 0 aliphatic rings. The SMILES string of the molecule is CCC(C)SC(c1ccncc1)C(C)N. The number of rotatable bonds is 5. The first-order valence-corrected chi connectivity index (χ1v) is 6.40. The van der Waals surface area contributed by atoms with Gasteiger partial charge in [0.15, 0.2) is 0 Å². The molecular weight excluding hydrogens is 204 g/mol. The molecule has 3 atom stereocenters. The predicted octanol–water partition coefficient (Wildman–Crippen LogP) is 3.00. The molecule has 84 valence electrons. The molecule has 0 aliphatic heterocycles. The van der Waals surface area contributed by atoms with Crippen molar-refractivity contribution in [2.24, 2.45) is 5.73 Å². The molecule has 0 fully saturated rings. The normalized spacial score (nSPS) is 17.1. The average molecular weight is 224 g/mol. The van der Waals surface area contributed by atoms with Crippen molar-refractivity contribution < 1.29 is 0 Å². The van der Waals surface area contributed by atoms with E-state index in [1.54, 1.807) is 0 Å². The predicted molar refractivity (Wildman–Crippen MR) is 68.0 cm³/mol. The highest BCUT2D eigenvalue weighted by atomic mass is 32.2. The lowest BCUT2D eigenvalue weighted by atomic mass is 10.1. The van der Waals surface area contributed by atoms with Crippen LogP contribution in [0.2, 0.25) is 0 Å². The van der Waals surface area contributed by atoms with E-state index in [1.165, 1.54) is 12.0 Å². The van der Waals surface area contributed by atoms with Gasteiger partial charge in [0.1, 0.15) is 0 Å². The lowest BCUT2D eigenvalue weighted by Crippen LogP contribution is -2.24. The first kappa shape index (κ1) is 12.5. The first-order valence-electron chi connectivity index (χ1n) is 5.46. The minimum absolute atomic E-state index is 0.173. The topological polar surface area (TPSA) is 38.9 Å². The molecule has 2 N–H and O–H groups in total. The molecule has 0 radical (unpaired) electrons. The van der Waals surface area contributed by atoms with E-state index in [0.29, 0.717) is 10.5 Å². The van der Waals surface area contributed by atoms with Crippen LogP contribution >= 0.6 is 11.8 Å². The van der Waals surface area contributed by atoms with Crippen molar-refractivity contribution in [1.82, 2.24) is 4.98 Å². The molecule has 0 aromatic carbocycles. The van der Waals surface area contributed by atoms with Gasteiger partial charge >= 0.3 is 0 Å². The Balaban J connectivity index is 2.75. The van der Waals surface area contributed by atoms with Gasteiger partial charge in [-0.05, 0) is 31.0 Å². The molecule has 1 rings (SSSR count). The van der Waals surface area contributed by atoms with Crippen molar-refractivity contribution in [1.29, 1.82) is 0 Å². The van der Waals surface area contributed by atoms with Crippen LogP contribution in [0.15, 0.2) is 24.5 Å². The summed E-state index contributed by atoms with van der Waals surface area (Å²) in [6.07, 6.45) is 4.85. The summed E-state index contributed by atoms with van der Waals surface area (Å²) in [5.41, 5.74) is 7.31. The van der Waals surface area contributed by atoms with Gasteiger partial charge < -0.3 is 5.73 Å². The molecular formula is C12H20N2S. The zero-order chi connectivity index (χ0) is 11.3. The second-order valence-electron chi connectivity index (χ2n) is 3.92. The van der Waals surface area contributed by atoms with Crippen LogP contribution in [0.25, 0.3) is 0 Å². The Morgan fingerprint density at radius 2 is 1.93 bits per heavy atom. The molecule has 0 saturated carbocycles. The molecule has 2 nitrogen and oxygen atoms in total. The Hall–Kier alpha value is -0.540. The van der Waals surface area contributed by atoms with Crippen LogP contribution in [-0.2, 0) is 0 Å². The molecule has 3 heteroatoms. The van der Waals surface area contributed by atoms with Gasteiger partial charge in [0.25, 0.3) is 0 Å². The van der Waals surface area contributed by atoms with Crippen molar-refractivity contribution in [2.45, 2.75) is 43.7 Å². The fourth-order valence-corrected chi connectivity index (χ4v) is 2.66. The maximum atomic E-state index is 6.03. The number of aromatic nitrogens is 1. The molecule has 1 aromatic heterocycles. The van der Waals surface area contributed by atoms with E-state index in [1.807, 2.05) is 24.2 Å². The molecule has 3 unspecified atom stereocenters. The van der Waals surface area contributed by atoms with Gasteiger partial charge in [-0.3, -0.25) is 4.98 Å². The number of hydrogen-bond donors (Lipinski definition) is 1. The Morgan fingerprint density at radius 1 is 1.33 bits per heavy atom. The molecule has 0 spiro atoms. The number of nitrogens with two attached hydrogens (primary N) is 1. The summed E-state index contributed by atoms with van der Waals surface area (Å²) in [6.45, 7) is 6.53. The van der Waals surface area contributed by atoms with Gasteiger partial charge in [-0.2, -0.15) is 0 Å². The van der Waals surface area contributed by atoms with E-state index in [0.717, 1.165) is 0 Å². The van der Waals surface area contributed by atoms with Crippen LogP contribution in [-0.4, -0.2) is 16.3 Å². The van der Waals surface area contributed by atoms with Crippen molar-refractivity contribution >= 4 is 11.8 Å². The second-order valence-corrected chi connectivity index (χ2v) is 5.50. The van der Waals surface area contributed by atoms with Crippen LogP contribution < -0.4 is 5.73 Å². The number of hydrogen-bond acceptors (Lipinski definition) is 3. The van der Waals surface area contributed by atoms with Crippen molar-refractivity contribution in [3.05, 3.63) is 30.1 Å². The fourth-order valence-electron chi connectivity index (χ4n) is 1.41. The average Bonchev–Trinajstić information content (AvgIpc) is 2.26. The molecule has 15 heavy (non-hydrogen) atoms. The van der Waals surface area contributed by atoms with Gasteiger partial charge in [0.2, 0.25) is 0 Å². The summed E-state index contributed by atoms with van der Waals surface area (Å²) in [7, 11) is 0. The third-order valence-electron chi connectivity index (χ3n) is 2.47. The third kappa shape index (κ3) is 3.84. The smallest absolute Gasteiger partial charge is 0.0449 e. The Bertz CT molecular complexity index is 274. The Kier molecular flexibility index (Phi) is 5.12. The lowest BCUT2D eigenvalue weighted by Gasteiger charge is -2.23. The third-order valence-corrected chi connectivity index (χ3v) is 4.26. The highest BCUT2D eigenvalue weighted by Crippen LogP contribution is 2.34. The van der Waals surface area contributed by atoms with E-state index in [9.17, 15) is 0 Å². The summed E-state index contributed by atoms with van der Waals surface area (Å²) in [6, 6.07) is 4.29.